The van der Waals surface area contributed by atoms with Crippen molar-refractivity contribution in [3.63, 3.8) is 0 Å². The van der Waals surface area contributed by atoms with Crippen LogP contribution in [0.1, 0.15) is 33.6 Å². The Hall–Kier alpha value is -0.0800. The van der Waals surface area contributed by atoms with Gasteiger partial charge in [0.15, 0.2) is 0 Å². The maximum atomic E-state index is 8.76. The molecule has 0 atom stereocenters. The van der Waals surface area contributed by atoms with E-state index in [1.54, 1.807) is 0 Å². The van der Waals surface area contributed by atoms with Gasteiger partial charge in [-0.25, -0.2) is 0 Å². The zero-order valence-corrected chi connectivity index (χ0v) is 9.21. The first-order valence-corrected chi connectivity index (χ1v) is 5.37. The third-order valence-corrected chi connectivity index (χ3v) is 2.80. The molecule has 1 saturated heterocycles. The van der Waals surface area contributed by atoms with Crippen LogP contribution in [0.4, 0.5) is 0 Å². The van der Waals surface area contributed by atoms with Crippen molar-refractivity contribution in [3.8, 4) is 0 Å². The van der Waals surface area contributed by atoms with E-state index in [-0.39, 0.29) is 0 Å². The summed E-state index contributed by atoms with van der Waals surface area (Å²) in [5.41, 5.74) is 0.378. The van der Waals surface area contributed by atoms with Gasteiger partial charge in [-0.15, -0.1) is 0 Å². The molecule has 2 heteroatoms. The summed E-state index contributed by atoms with van der Waals surface area (Å²) in [6, 6.07) is 0. The predicted octanol–water partition coefficient (Wildman–Crippen LogP) is 1.74. The summed E-state index contributed by atoms with van der Waals surface area (Å²) in [6.45, 7) is 11.0. The normalized spacial score (nSPS) is 20.3. The van der Waals surface area contributed by atoms with Crippen LogP contribution in [0.2, 0.25) is 0 Å². The molecule has 1 heterocycles. The lowest BCUT2D eigenvalue weighted by Gasteiger charge is -2.42. The quantitative estimate of drug-likeness (QED) is 0.705. The van der Waals surface area contributed by atoms with Crippen molar-refractivity contribution in [2.75, 3.05) is 26.2 Å². The number of aliphatic hydroxyl groups is 1. The first-order chi connectivity index (χ1) is 6.03. The average molecular weight is 185 g/mol. The zero-order valence-electron chi connectivity index (χ0n) is 9.21. The van der Waals surface area contributed by atoms with Gasteiger partial charge in [0.05, 0.1) is 0 Å². The predicted molar refractivity (Wildman–Crippen MR) is 55.7 cm³/mol. The van der Waals surface area contributed by atoms with E-state index in [1.165, 1.54) is 19.6 Å². The molecule has 0 spiro atoms. The second-order valence-electron chi connectivity index (χ2n) is 5.29. The van der Waals surface area contributed by atoms with Crippen LogP contribution in [0.3, 0.4) is 0 Å². The fourth-order valence-corrected chi connectivity index (χ4v) is 2.20. The first kappa shape index (κ1) is 11.0. The Morgan fingerprint density at radius 1 is 1.38 bits per heavy atom. The maximum absolute atomic E-state index is 8.76. The number of hydrogen-bond donors (Lipinski definition) is 1. The minimum atomic E-state index is 0.333. The summed E-state index contributed by atoms with van der Waals surface area (Å²) >= 11 is 0. The zero-order chi connectivity index (χ0) is 9.90. The van der Waals surface area contributed by atoms with Gasteiger partial charge in [-0.3, -0.25) is 0 Å². The van der Waals surface area contributed by atoms with Crippen molar-refractivity contribution >= 4 is 0 Å². The Bertz CT molecular complexity index is 150. The Morgan fingerprint density at radius 2 is 2.00 bits per heavy atom. The number of nitrogens with zero attached hydrogens (tertiary/aromatic N) is 1. The van der Waals surface area contributed by atoms with E-state index >= 15 is 0 Å². The smallest absolute Gasteiger partial charge is 0.0431 e. The van der Waals surface area contributed by atoms with Gasteiger partial charge >= 0.3 is 0 Å². The molecule has 0 saturated carbocycles. The molecular weight excluding hydrogens is 162 g/mol. The van der Waals surface area contributed by atoms with Crippen LogP contribution in [0.25, 0.3) is 0 Å². The fraction of sp³-hybridized carbons (Fsp3) is 1.00. The Balaban J connectivity index is 2.17. The van der Waals surface area contributed by atoms with Crippen molar-refractivity contribution in [1.29, 1.82) is 0 Å². The lowest BCUT2D eigenvalue weighted by molar-refractivity contribution is 0.0613. The first-order valence-electron chi connectivity index (χ1n) is 5.37. The highest BCUT2D eigenvalue weighted by atomic mass is 16.2. The van der Waals surface area contributed by atoms with Crippen molar-refractivity contribution < 1.29 is 5.11 Å². The minimum absolute atomic E-state index is 0.333. The molecule has 0 bridgehead atoms. The molecule has 13 heavy (non-hydrogen) atoms. The van der Waals surface area contributed by atoms with Gasteiger partial charge in [-0.2, -0.15) is 0 Å². The van der Waals surface area contributed by atoms with E-state index in [2.05, 4.69) is 25.7 Å². The molecule has 0 unspecified atom stereocenters. The van der Waals surface area contributed by atoms with Crippen LogP contribution < -0.4 is 0 Å². The van der Waals surface area contributed by atoms with Crippen LogP contribution >= 0.6 is 0 Å². The summed E-state index contributed by atoms with van der Waals surface area (Å²) in [4.78, 5) is 2.52. The van der Waals surface area contributed by atoms with E-state index in [0.29, 0.717) is 12.0 Å². The van der Waals surface area contributed by atoms with Crippen LogP contribution in [-0.4, -0.2) is 36.2 Å². The van der Waals surface area contributed by atoms with Gasteiger partial charge in [-0.05, 0) is 24.2 Å². The van der Waals surface area contributed by atoms with Crippen LogP contribution in [0.15, 0.2) is 0 Å². The van der Waals surface area contributed by atoms with Gasteiger partial charge in [0.2, 0.25) is 0 Å². The molecule has 1 aliphatic heterocycles. The topological polar surface area (TPSA) is 23.5 Å². The van der Waals surface area contributed by atoms with Crippen molar-refractivity contribution in [2.45, 2.75) is 33.6 Å². The van der Waals surface area contributed by atoms with Crippen LogP contribution in [-0.2, 0) is 0 Å². The highest BCUT2D eigenvalue weighted by Crippen LogP contribution is 2.27. The summed E-state index contributed by atoms with van der Waals surface area (Å²) in [7, 11) is 0. The molecule has 1 aliphatic rings. The number of hydrogen-bond acceptors (Lipinski definition) is 2. The Kier molecular flexibility index (Phi) is 3.74. The highest BCUT2D eigenvalue weighted by Gasteiger charge is 2.28. The molecule has 2 nitrogen and oxygen atoms in total. The molecule has 1 rings (SSSR count). The van der Waals surface area contributed by atoms with Crippen molar-refractivity contribution in [3.05, 3.63) is 0 Å². The maximum Gasteiger partial charge on any atom is 0.0431 e. The van der Waals surface area contributed by atoms with E-state index in [9.17, 15) is 0 Å². The Morgan fingerprint density at radius 3 is 2.46 bits per heavy atom. The van der Waals surface area contributed by atoms with Gasteiger partial charge < -0.3 is 10.0 Å². The van der Waals surface area contributed by atoms with Crippen LogP contribution in [0, 0.1) is 11.3 Å². The second kappa shape index (κ2) is 4.43. The monoisotopic (exact) mass is 185 g/mol. The number of aliphatic hydroxyl groups excluding tert-OH is 1. The molecule has 1 fully saturated rings. The van der Waals surface area contributed by atoms with Gasteiger partial charge in [0.1, 0.15) is 0 Å². The highest BCUT2D eigenvalue weighted by molar-refractivity contribution is 4.82. The molecule has 0 radical (unpaired) electrons. The lowest BCUT2D eigenvalue weighted by Crippen LogP contribution is -2.49. The molecule has 0 aromatic heterocycles. The van der Waals surface area contributed by atoms with Crippen LogP contribution in [0.5, 0.6) is 0 Å². The summed E-state index contributed by atoms with van der Waals surface area (Å²) in [6.07, 6.45) is 2.07. The Labute approximate surface area is 81.9 Å². The molecule has 0 aromatic rings. The minimum Gasteiger partial charge on any atom is -0.396 e. The van der Waals surface area contributed by atoms with E-state index in [1.807, 2.05) is 0 Å². The molecule has 0 amide bonds. The third kappa shape index (κ3) is 3.65. The summed E-state index contributed by atoms with van der Waals surface area (Å²) in [5, 5.41) is 8.76. The summed E-state index contributed by atoms with van der Waals surface area (Å²) < 4.78 is 0. The fourth-order valence-electron chi connectivity index (χ4n) is 2.20. The molecule has 1 N–H and O–H groups in total. The standard InChI is InChI=1S/C11H23NO/c1-10-7-12(8-10)9-11(2,3)5-4-6-13/h10,13H,4-9H2,1-3H3. The van der Waals surface area contributed by atoms with Gasteiger partial charge in [-0.1, -0.05) is 20.8 Å². The van der Waals surface area contributed by atoms with Gasteiger partial charge in [0.25, 0.3) is 0 Å². The molecular formula is C11H23NO. The van der Waals surface area contributed by atoms with Gasteiger partial charge in [0, 0.05) is 26.2 Å². The largest absolute Gasteiger partial charge is 0.396 e. The van der Waals surface area contributed by atoms with E-state index in [0.717, 1.165) is 18.8 Å². The summed E-state index contributed by atoms with van der Waals surface area (Å²) in [5.74, 6) is 0.897. The van der Waals surface area contributed by atoms with E-state index < -0.39 is 0 Å². The molecule has 0 aliphatic carbocycles. The molecule has 0 aromatic carbocycles. The lowest BCUT2D eigenvalue weighted by atomic mass is 9.85. The molecule has 78 valence electrons. The second-order valence-corrected chi connectivity index (χ2v) is 5.29. The number of rotatable bonds is 5. The SMILES string of the molecule is CC1CN(CC(C)(C)CCCO)C1. The average Bonchev–Trinajstić information content (AvgIpc) is 1.98. The van der Waals surface area contributed by atoms with Crippen molar-refractivity contribution in [2.24, 2.45) is 11.3 Å². The van der Waals surface area contributed by atoms with Crippen molar-refractivity contribution in [1.82, 2.24) is 4.90 Å². The third-order valence-electron chi connectivity index (χ3n) is 2.80. The van der Waals surface area contributed by atoms with E-state index in [4.69, 9.17) is 5.11 Å². The number of likely N-dealkylation sites (tertiary alicyclic amines) is 1.